The average Bonchev–Trinajstić information content (AvgIpc) is 3.08. The van der Waals surface area contributed by atoms with E-state index in [0.717, 1.165) is 12.1 Å². The second kappa shape index (κ2) is 7.14. The third kappa shape index (κ3) is 4.11. The van der Waals surface area contributed by atoms with Gasteiger partial charge in [-0.1, -0.05) is 24.3 Å². The van der Waals surface area contributed by atoms with Crippen molar-refractivity contribution in [2.45, 2.75) is 12.8 Å². The first-order valence-corrected chi connectivity index (χ1v) is 8.23. The summed E-state index contributed by atoms with van der Waals surface area (Å²) in [7, 11) is 1.56. The van der Waals surface area contributed by atoms with Crippen LogP contribution in [0.3, 0.4) is 0 Å². The van der Waals surface area contributed by atoms with Gasteiger partial charge in [0.25, 0.3) is 0 Å². The highest BCUT2D eigenvalue weighted by Gasteiger charge is 2.30. The van der Waals surface area contributed by atoms with E-state index >= 15 is 0 Å². The Kier molecular flexibility index (Phi) is 4.94. The average molecular weight is 365 g/mol. The van der Waals surface area contributed by atoms with Gasteiger partial charge in [0.1, 0.15) is 11.6 Å². The minimum absolute atomic E-state index is 0.248. The maximum Gasteiger partial charge on any atom is 0.416 e. The Morgan fingerprint density at radius 3 is 2.32 bits per heavy atom. The summed E-state index contributed by atoms with van der Waals surface area (Å²) in [5.74, 6) is 1.23. The standard InChI is InChI=1S/C18H14F3NO2S/c1-23-15-4-2-3-5-16(15)24-10-14-11-25-17(22-14)12-6-8-13(9-7-12)18(19,20)21/h2-9,11H,10H2,1H3. The van der Waals surface area contributed by atoms with E-state index in [1.165, 1.54) is 23.5 Å². The van der Waals surface area contributed by atoms with Crippen molar-refractivity contribution in [2.75, 3.05) is 7.11 Å². The summed E-state index contributed by atoms with van der Waals surface area (Å²) in [5.41, 5.74) is 0.667. The van der Waals surface area contributed by atoms with Crippen LogP contribution in [0.4, 0.5) is 13.2 Å². The lowest BCUT2D eigenvalue weighted by molar-refractivity contribution is -0.137. The van der Waals surface area contributed by atoms with Gasteiger partial charge in [-0.15, -0.1) is 11.3 Å². The summed E-state index contributed by atoms with van der Waals surface area (Å²) < 4.78 is 48.7. The first-order chi connectivity index (χ1) is 12.0. The number of rotatable bonds is 5. The van der Waals surface area contributed by atoms with E-state index in [0.29, 0.717) is 27.8 Å². The van der Waals surface area contributed by atoms with Crippen molar-refractivity contribution in [3.8, 4) is 22.1 Å². The van der Waals surface area contributed by atoms with Crippen LogP contribution in [-0.2, 0) is 12.8 Å². The van der Waals surface area contributed by atoms with Crippen molar-refractivity contribution in [1.29, 1.82) is 0 Å². The van der Waals surface area contributed by atoms with Crippen LogP contribution in [0.1, 0.15) is 11.3 Å². The van der Waals surface area contributed by atoms with Gasteiger partial charge in [-0.25, -0.2) is 4.98 Å². The molecule has 2 aromatic carbocycles. The summed E-state index contributed by atoms with van der Waals surface area (Å²) in [6.45, 7) is 0.248. The molecule has 0 unspecified atom stereocenters. The molecule has 0 saturated carbocycles. The fraction of sp³-hybridized carbons (Fsp3) is 0.167. The van der Waals surface area contributed by atoms with Gasteiger partial charge in [0.15, 0.2) is 11.5 Å². The normalized spacial score (nSPS) is 11.4. The van der Waals surface area contributed by atoms with Crippen molar-refractivity contribution in [3.63, 3.8) is 0 Å². The topological polar surface area (TPSA) is 31.4 Å². The molecular formula is C18H14F3NO2S. The smallest absolute Gasteiger partial charge is 0.416 e. The highest BCUT2D eigenvalue weighted by Crippen LogP contribution is 2.32. The number of halogens is 3. The van der Waals surface area contributed by atoms with Gasteiger partial charge in [-0.3, -0.25) is 0 Å². The predicted octanol–water partition coefficient (Wildman–Crippen LogP) is 5.42. The fourth-order valence-electron chi connectivity index (χ4n) is 2.20. The number of methoxy groups -OCH3 is 1. The Morgan fingerprint density at radius 2 is 1.68 bits per heavy atom. The summed E-state index contributed by atoms with van der Waals surface area (Å²) in [4.78, 5) is 4.41. The molecule has 0 saturated heterocycles. The fourth-order valence-corrected chi connectivity index (χ4v) is 3.01. The maximum atomic E-state index is 12.6. The zero-order valence-electron chi connectivity index (χ0n) is 13.2. The van der Waals surface area contributed by atoms with E-state index in [9.17, 15) is 13.2 Å². The van der Waals surface area contributed by atoms with Crippen LogP contribution in [0, 0.1) is 0 Å². The Hall–Kier alpha value is -2.54. The monoisotopic (exact) mass is 365 g/mol. The predicted molar refractivity (Wildman–Crippen MR) is 89.9 cm³/mol. The molecule has 7 heteroatoms. The number of ether oxygens (including phenoxy) is 2. The van der Waals surface area contributed by atoms with E-state index in [2.05, 4.69) is 4.98 Å². The van der Waals surface area contributed by atoms with Crippen LogP contribution in [0.25, 0.3) is 10.6 Å². The van der Waals surface area contributed by atoms with Crippen molar-refractivity contribution >= 4 is 11.3 Å². The van der Waals surface area contributed by atoms with Crippen LogP contribution in [0.2, 0.25) is 0 Å². The Bertz CT molecular complexity index is 844. The van der Waals surface area contributed by atoms with Gasteiger partial charge >= 0.3 is 6.18 Å². The molecule has 0 fully saturated rings. The molecule has 0 bridgehead atoms. The van der Waals surface area contributed by atoms with Crippen LogP contribution in [0.15, 0.2) is 53.9 Å². The van der Waals surface area contributed by atoms with E-state index in [1.54, 1.807) is 19.2 Å². The van der Waals surface area contributed by atoms with E-state index in [4.69, 9.17) is 9.47 Å². The number of aromatic nitrogens is 1. The molecular weight excluding hydrogens is 351 g/mol. The molecule has 130 valence electrons. The van der Waals surface area contributed by atoms with Gasteiger partial charge < -0.3 is 9.47 Å². The third-order valence-corrected chi connectivity index (χ3v) is 4.40. The first-order valence-electron chi connectivity index (χ1n) is 7.35. The molecule has 0 aliphatic rings. The second-order valence-corrected chi connectivity index (χ2v) is 6.02. The molecule has 3 nitrogen and oxygen atoms in total. The van der Waals surface area contributed by atoms with E-state index in [1.807, 2.05) is 17.5 Å². The lowest BCUT2D eigenvalue weighted by Gasteiger charge is -2.08. The first kappa shape index (κ1) is 17.3. The summed E-state index contributed by atoms with van der Waals surface area (Å²) in [6, 6.07) is 12.2. The molecule has 0 amide bonds. The van der Waals surface area contributed by atoms with Gasteiger partial charge in [-0.2, -0.15) is 13.2 Å². The van der Waals surface area contributed by atoms with Crippen LogP contribution >= 0.6 is 11.3 Å². The Morgan fingerprint density at radius 1 is 1.00 bits per heavy atom. The molecule has 0 atom stereocenters. The molecule has 1 heterocycles. The number of nitrogens with zero attached hydrogens (tertiary/aromatic N) is 1. The number of para-hydroxylation sites is 2. The minimum atomic E-state index is -4.34. The highest BCUT2D eigenvalue weighted by molar-refractivity contribution is 7.13. The summed E-state index contributed by atoms with van der Waals surface area (Å²) >= 11 is 1.36. The maximum absolute atomic E-state index is 12.6. The molecule has 3 rings (SSSR count). The minimum Gasteiger partial charge on any atom is -0.493 e. The van der Waals surface area contributed by atoms with E-state index < -0.39 is 11.7 Å². The van der Waals surface area contributed by atoms with Gasteiger partial charge in [0, 0.05) is 10.9 Å². The number of alkyl halides is 3. The Balaban J connectivity index is 1.70. The zero-order valence-corrected chi connectivity index (χ0v) is 14.0. The lowest BCUT2D eigenvalue weighted by atomic mass is 10.1. The molecule has 0 aliphatic heterocycles. The van der Waals surface area contributed by atoms with E-state index in [-0.39, 0.29) is 6.61 Å². The molecule has 0 N–H and O–H groups in total. The molecule has 1 aromatic heterocycles. The highest BCUT2D eigenvalue weighted by atomic mass is 32.1. The number of benzene rings is 2. The van der Waals surface area contributed by atoms with Crippen molar-refractivity contribution in [3.05, 3.63) is 65.2 Å². The van der Waals surface area contributed by atoms with Gasteiger partial charge in [0.2, 0.25) is 0 Å². The van der Waals surface area contributed by atoms with Crippen molar-refractivity contribution < 1.29 is 22.6 Å². The Labute approximate surface area is 146 Å². The lowest BCUT2D eigenvalue weighted by Crippen LogP contribution is -2.04. The molecule has 0 aliphatic carbocycles. The van der Waals surface area contributed by atoms with Crippen molar-refractivity contribution in [1.82, 2.24) is 4.98 Å². The van der Waals surface area contributed by atoms with Gasteiger partial charge in [0.05, 0.1) is 18.4 Å². The van der Waals surface area contributed by atoms with Gasteiger partial charge in [-0.05, 0) is 24.3 Å². The number of hydrogen-bond donors (Lipinski definition) is 0. The van der Waals surface area contributed by atoms with Crippen LogP contribution in [0.5, 0.6) is 11.5 Å². The zero-order chi connectivity index (χ0) is 17.9. The molecule has 0 spiro atoms. The largest absolute Gasteiger partial charge is 0.493 e. The molecule has 0 radical (unpaired) electrons. The molecule has 25 heavy (non-hydrogen) atoms. The number of hydrogen-bond acceptors (Lipinski definition) is 4. The molecule has 3 aromatic rings. The van der Waals surface area contributed by atoms with Crippen LogP contribution < -0.4 is 9.47 Å². The summed E-state index contributed by atoms with van der Waals surface area (Å²) in [6.07, 6.45) is -4.34. The van der Waals surface area contributed by atoms with Crippen LogP contribution in [-0.4, -0.2) is 12.1 Å². The SMILES string of the molecule is COc1ccccc1OCc1csc(-c2ccc(C(F)(F)F)cc2)n1. The third-order valence-electron chi connectivity index (χ3n) is 3.46. The number of thiazole rings is 1. The summed E-state index contributed by atoms with van der Waals surface area (Å²) in [5, 5.41) is 2.47. The quantitative estimate of drug-likeness (QED) is 0.605. The van der Waals surface area contributed by atoms with Crippen molar-refractivity contribution in [2.24, 2.45) is 0 Å². The second-order valence-electron chi connectivity index (χ2n) is 5.16.